The van der Waals surface area contributed by atoms with Crippen molar-refractivity contribution in [3.8, 4) is 0 Å². The van der Waals surface area contributed by atoms with Crippen molar-refractivity contribution in [2.75, 3.05) is 40.4 Å². The fourth-order valence-electron chi connectivity index (χ4n) is 1.53. The van der Waals surface area contributed by atoms with Crippen molar-refractivity contribution in [3.63, 3.8) is 0 Å². The molecular weight excluding hydrogens is 230 g/mol. The highest BCUT2D eigenvalue weighted by atomic mass is 16.5. The number of nitrogens with zero attached hydrogens (tertiary/aromatic N) is 1. The first kappa shape index (κ1) is 17.4. The van der Waals surface area contributed by atoms with Crippen molar-refractivity contribution in [2.45, 2.75) is 39.3 Å². The average molecular weight is 259 g/mol. The Bertz CT molecular complexity index is 222. The molecule has 0 spiro atoms. The van der Waals surface area contributed by atoms with E-state index in [1.54, 1.807) is 7.11 Å². The van der Waals surface area contributed by atoms with Gasteiger partial charge < -0.3 is 20.3 Å². The monoisotopic (exact) mass is 259 g/mol. The van der Waals surface area contributed by atoms with E-state index in [4.69, 9.17) is 4.74 Å². The number of methoxy groups -OCH3 is 1. The minimum Gasteiger partial charge on any atom is -0.383 e. The van der Waals surface area contributed by atoms with Gasteiger partial charge in [-0.2, -0.15) is 0 Å². The fraction of sp³-hybridized carbons (Fsp3) is 0.923. The quantitative estimate of drug-likeness (QED) is 0.560. The van der Waals surface area contributed by atoms with E-state index < -0.39 is 0 Å². The van der Waals surface area contributed by atoms with Gasteiger partial charge in [0.1, 0.15) is 0 Å². The summed E-state index contributed by atoms with van der Waals surface area (Å²) in [6.07, 6.45) is 1.05. The van der Waals surface area contributed by atoms with Gasteiger partial charge in [-0.25, -0.2) is 0 Å². The minimum atomic E-state index is 0.0248. The van der Waals surface area contributed by atoms with Crippen LogP contribution in [0.25, 0.3) is 0 Å². The van der Waals surface area contributed by atoms with Crippen LogP contribution in [0.2, 0.25) is 0 Å². The van der Waals surface area contributed by atoms with Gasteiger partial charge >= 0.3 is 0 Å². The third-order valence-corrected chi connectivity index (χ3v) is 2.86. The molecule has 1 amide bonds. The Hall–Kier alpha value is -0.650. The zero-order chi connectivity index (χ0) is 14.0. The summed E-state index contributed by atoms with van der Waals surface area (Å²) in [5.41, 5.74) is 0. The van der Waals surface area contributed by atoms with Crippen LogP contribution in [-0.2, 0) is 9.53 Å². The Balaban J connectivity index is 3.46. The van der Waals surface area contributed by atoms with Gasteiger partial charge in [0.25, 0.3) is 0 Å². The summed E-state index contributed by atoms with van der Waals surface area (Å²) in [6, 6.07) is 0.638. The summed E-state index contributed by atoms with van der Waals surface area (Å²) in [4.78, 5) is 13.8. The van der Waals surface area contributed by atoms with Crippen molar-refractivity contribution < 1.29 is 9.53 Å². The van der Waals surface area contributed by atoms with E-state index in [-0.39, 0.29) is 11.9 Å². The lowest BCUT2D eigenvalue weighted by Crippen LogP contribution is -2.41. The Morgan fingerprint density at radius 1 is 1.33 bits per heavy atom. The summed E-state index contributed by atoms with van der Waals surface area (Å²) < 4.78 is 4.96. The maximum Gasteiger partial charge on any atom is 0.234 e. The predicted octanol–water partition coefficient (Wildman–Crippen LogP) is 0.457. The molecule has 0 aromatic heterocycles. The van der Waals surface area contributed by atoms with E-state index >= 15 is 0 Å². The van der Waals surface area contributed by atoms with Gasteiger partial charge in [-0.3, -0.25) is 4.79 Å². The molecule has 1 atom stereocenters. The van der Waals surface area contributed by atoms with Gasteiger partial charge in [0.15, 0.2) is 0 Å². The Kier molecular flexibility index (Phi) is 9.92. The van der Waals surface area contributed by atoms with Crippen LogP contribution in [0.5, 0.6) is 0 Å². The summed E-state index contributed by atoms with van der Waals surface area (Å²) in [6.45, 7) is 9.12. The molecular formula is C13H29N3O2. The van der Waals surface area contributed by atoms with Crippen LogP contribution >= 0.6 is 0 Å². The van der Waals surface area contributed by atoms with E-state index in [1.165, 1.54) is 0 Å². The van der Waals surface area contributed by atoms with Gasteiger partial charge in [-0.1, -0.05) is 0 Å². The molecule has 0 rings (SSSR count). The molecule has 0 aromatic rings. The van der Waals surface area contributed by atoms with E-state index in [0.717, 1.165) is 19.5 Å². The SMILES string of the molecule is COCC(C)NC(=O)CNCCCN(C)C(C)C. The van der Waals surface area contributed by atoms with Gasteiger partial charge in [-0.15, -0.1) is 0 Å². The molecule has 0 bridgehead atoms. The number of hydrogen-bond acceptors (Lipinski definition) is 4. The average Bonchev–Trinajstić information content (AvgIpc) is 2.28. The predicted molar refractivity (Wildman–Crippen MR) is 74.7 cm³/mol. The molecule has 0 aliphatic rings. The highest BCUT2D eigenvalue weighted by Gasteiger charge is 2.06. The lowest BCUT2D eigenvalue weighted by atomic mass is 10.3. The van der Waals surface area contributed by atoms with E-state index in [9.17, 15) is 4.79 Å². The summed E-state index contributed by atoms with van der Waals surface area (Å²) in [7, 11) is 3.75. The molecule has 0 aliphatic carbocycles. The van der Waals surface area contributed by atoms with Crippen molar-refractivity contribution in [1.82, 2.24) is 15.5 Å². The molecule has 0 aromatic carbocycles. The van der Waals surface area contributed by atoms with Crippen LogP contribution in [0.4, 0.5) is 0 Å². The van der Waals surface area contributed by atoms with Gasteiger partial charge in [-0.05, 0) is 47.3 Å². The number of hydrogen-bond donors (Lipinski definition) is 2. The topological polar surface area (TPSA) is 53.6 Å². The Labute approximate surface area is 111 Å². The number of amides is 1. The van der Waals surface area contributed by atoms with Crippen molar-refractivity contribution in [2.24, 2.45) is 0 Å². The normalized spacial score (nSPS) is 13.1. The Morgan fingerprint density at radius 3 is 2.56 bits per heavy atom. The lowest BCUT2D eigenvalue weighted by Gasteiger charge is -2.20. The van der Waals surface area contributed by atoms with Gasteiger partial charge in [0.2, 0.25) is 5.91 Å². The smallest absolute Gasteiger partial charge is 0.234 e. The lowest BCUT2D eigenvalue weighted by molar-refractivity contribution is -0.121. The number of ether oxygens (including phenoxy) is 1. The second-order valence-electron chi connectivity index (χ2n) is 5.03. The van der Waals surface area contributed by atoms with Crippen LogP contribution in [-0.4, -0.2) is 63.3 Å². The standard InChI is InChI=1S/C13H29N3O2/c1-11(2)16(4)8-6-7-14-9-13(17)15-12(3)10-18-5/h11-12,14H,6-10H2,1-5H3,(H,15,17). The molecule has 0 saturated carbocycles. The Morgan fingerprint density at radius 2 is 2.00 bits per heavy atom. The summed E-state index contributed by atoms with van der Waals surface area (Å²) in [5.74, 6) is 0.0248. The van der Waals surface area contributed by atoms with Gasteiger partial charge in [0, 0.05) is 19.2 Å². The molecule has 2 N–H and O–H groups in total. The number of carbonyl (C=O) groups excluding carboxylic acids is 1. The molecule has 0 heterocycles. The van der Waals surface area contributed by atoms with E-state index in [1.807, 2.05) is 6.92 Å². The first-order valence-electron chi connectivity index (χ1n) is 6.66. The van der Waals surface area contributed by atoms with Crippen molar-refractivity contribution in [3.05, 3.63) is 0 Å². The molecule has 0 aliphatic heterocycles. The molecule has 0 saturated heterocycles. The van der Waals surface area contributed by atoms with E-state index in [2.05, 4.69) is 36.4 Å². The van der Waals surface area contributed by atoms with Gasteiger partial charge in [0.05, 0.1) is 13.2 Å². The first-order valence-corrected chi connectivity index (χ1v) is 6.66. The van der Waals surface area contributed by atoms with E-state index in [0.29, 0.717) is 19.2 Å². The van der Waals surface area contributed by atoms with Crippen LogP contribution < -0.4 is 10.6 Å². The highest BCUT2D eigenvalue weighted by molar-refractivity contribution is 5.78. The fourth-order valence-corrected chi connectivity index (χ4v) is 1.53. The van der Waals surface area contributed by atoms with Crippen LogP contribution in [0.1, 0.15) is 27.2 Å². The number of rotatable bonds is 10. The molecule has 5 nitrogen and oxygen atoms in total. The minimum absolute atomic E-state index is 0.0248. The van der Waals surface area contributed by atoms with Crippen molar-refractivity contribution >= 4 is 5.91 Å². The first-order chi connectivity index (χ1) is 8.47. The second kappa shape index (κ2) is 10.3. The maximum atomic E-state index is 11.5. The molecule has 108 valence electrons. The highest BCUT2D eigenvalue weighted by Crippen LogP contribution is 1.93. The maximum absolute atomic E-state index is 11.5. The van der Waals surface area contributed by atoms with Crippen molar-refractivity contribution in [1.29, 1.82) is 0 Å². The number of nitrogens with one attached hydrogen (secondary N) is 2. The number of carbonyl (C=O) groups is 1. The summed E-state index contributed by atoms with van der Waals surface area (Å²) >= 11 is 0. The van der Waals surface area contributed by atoms with Crippen LogP contribution in [0.15, 0.2) is 0 Å². The molecule has 0 fully saturated rings. The molecule has 5 heteroatoms. The third-order valence-electron chi connectivity index (χ3n) is 2.86. The molecule has 18 heavy (non-hydrogen) atoms. The van der Waals surface area contributed by atoms with Crippen LogP contribution in [0.3, 0.4) is 0 Å². The second-order valence-corrected chi connectivity index (χ2v) is 5.03. The summed E-state index contributed by atoms with van der Waals surface area (Å²) in [5, 5.41) is 6.01. The third kappa shape index (κ3) is 9.39. The molecule has 0 radical (unpaired) electrons. The largest absolute Gasteiger partial charge is 0.383 e. The zero-order valence-corrected chi connectivity index (χ0v) is 12.5. The molecule has 1 unspecified atom stereocenters. The van der Waals surface area contributed by atoms with Crippen LogP contribution in [0, 0.1) is 0 Å². The zero-order valence-electron chi connectivity index (χ0n) is 12.5.